The molecule has 2 saturated heterocycles. The number of nitrogens with zero attached hydrogens (tertiary/aromatic N) is 5. The standard InChI is InChI=1S/C40H45F2N5O6/c1-5-27-29(41)10-9-23-16-25(48)19-28(31(23)27)34-33(42)35-32(37(43-34)51-4)36(46-14-15-52-21-39(2,49)20-46)45-38(44-35)53-22-40-11-6-8-30(40)47(13-7-12-40)24-17-26(18-24)50-3/h1,9-10,16,19,24,26,30,48-49H,6-8,11-15,17-18,20-22H2,2-4H3/t24?,26?,30-,39+,40-/m1/s1. The number of aromatic hydroxyl groups is 1. The Morgan fingerprint density at radius 1 is 1.08 bits per heavy atom. The topological polar surface area (TPSA) is 123 Å². The monoisotopic (exact) mass is 729 g/mol. The molecule has 2 aromatic carbocycles. The summed E-state index contributed by atoms with van der Waals surface area (Å²) in [5.74, 6) is 0.929. The van der Waals surface area contributed by atoms with Crippen molar-refractivity contribution < 1.29 is 37.9 Å². The highest BCUT2D eigenvalue weighted by Crippen LogP contribution is 2.50. The van der Waals surface area contributed by atoms with Crippen LogP contribution in [0.15, 0.2) is 24.3 Å². The van der Waals surface area contributed by atoms with Crippen molar-refractivity contribution >= 4 is 27.5 Å². The number of piperidine rings is 1. The average Bonchev–Trinajstić information content (AvgIpc) is 3.47. The Balaban J connectivity index is 1.26. The number of ether oxygens (including phenoxy) is 4. The number of hydrogen-bond donors (Lipinski definition) is 2. The molecule has 0 amide bonds. The number of terminal acetylenes is 1. The maximum Gasteiger partial charge on any atom is 0.319 e. The van der Waals surface area contributed by atoms with E-state index in [4.69, 9.17) is 30.4 Å². The van der Waals surface area contributed by atoms with Gasteiger partial charge in [0.15, 0.2) is 5.82 Å². The Bertz CT molecular complexity index is 2100. The van der Waals surface area contributed by atoms with Crippen molar-refractivity contribution in [3.63, 3.8) is 0 Å². The average molecular weight is 730 g/mol. The summed E-state index contributed by atoms with van der Waals surface area (Å²) in [6, 6.07) is 6.23. The summed E-state index contributed by atoms with van der Waals surface area (Å²) in [5.41, 5.74) is -1.76. The van der Waals surface area contributed by atoms with E-state index in [2.05, 4.69) is 20.8 Å². The normalized spacial score (nSPS) is 27.6. The number of hydrogen-bond acceptors (Lipinski definition) is 11. The van der Waals surface area contributed by atoms with Gasteiger partial charge in [0.05, 0.1) is 45.1 Å². The quantitative estimate of drug-likeness (QED) is 0.221. The highest BCUT2D eigenvalue weighted by atomic mass is 19.1. The van der Waals surface area contributed by atoms with Crippen molar-refractivity contribution in [3.05, 3.63) is 41.5 Å². The molecule has 3 atom stereocenters. The molecular weight excluding hydrogens is 684 g/mol. The van der Waals surface area contributed by atoms with E-state index in [9.17, 15) is 10.2 Å². The molecule has 280 valence electrons. The molecule has 2 saturated carbocycles. The third-order valence-electron chi connectivity index (χ3n) is 11.8. The fourth-order valence-electron chi connectivity index (χ4n) is 9.25. The third kappa shape index (κ3) is 6.29. The molecule has 0 bridgehead atoms. The number of methoxy groups -OCH3 is 2. The molecule has 4 aromatic rings. The number of pyridine rings is 1. The molecular formula is C40H45F2N5O6. The lowest BCUT2D eigenvalue weighted by molar-refractivity contribution is -0.0845. The van der Waals surface area contributed by atoms with Gasteiger partial charge in [-0.1, -0.05) is 18.4 Å². The SMILES string of the molecule is C#Cc1c(F)ccc2cc(O)cc(-c3nc(OC)c4c(N5CCOC[C@@](C)(O)C5)nc(OC[C@]56CCC[C@H]5N(C5CC(OC)C5)CCC6)nc4c3F)c12. The van der Waals surface area contributed by atoms with Crippen molar-refractivity contribution in [2.24, 2.45) is 5.41 Å². The van der Waals surface area contributed by atoms with Crippen LogP contribution in [0.25, 0.3) is 32.9 Å². The van der Waals surface area contributed by atoms with E-state index in [0.717, 1.165) is 51.5 Å². The van der Waals surface area contributed by atoms with Gasteiger partial charge in [0, 0.05) is 42.1 Å². The summed E-state index contributed by atoms with van der Waals surface area (Å²) in [6.45, 7) is 3.93. The van der Waals surface area contributed by atoms with E-state index >= 15 is 8.78 Å². The van der Waals surface area contributed by atoms with Gasteiger partial charge in [-0.2, -0.15) is 9.97 Å². The highest BCUT2D eigenvalue weighted by molar-refractivity contribution is 6.04. The van der Waals surface area contributed by atoms with E-state index < -0.39 is 17.2 Å². The summed E-state index contributed by atoms with van der Waals surface area (Å²) >= 11 is 0. The smallest absolute Gasteiger partial charge is 0.319 e. The largest absolute Gasteiger partial charge is 0.508 e. The minimum atomic E-state index is -1.24. The number of halogens is 2. The first-order valence-electron chi connectivity index (χ1n) is 18.4. The first kappa shape index (κ1) is 35.7. The van der Waals surface area contributed by atoms with Crippen LogP contribution >= 0.6 is 0 Å². The van der Waals surface area contributed by atoms with Gasteiger partial charge in [0.2, 0.25) is 5.88 Å². The molecule has 53 heavy (non-hydrogen) atoms. The second-order valence-corrected chi connectivity index (χ2v) is 15.3. The first-order chi connectivity index (χ1) is 25.5. The van der Waals surface area contributed by atoms with E-state index in [-0.39, 0.29) is 81.7 Å². The van der Waals surface area contributed by atoms with Crippen LogP contribution in [0.1, 0.15) is 57.4 Å². The lowest BCUT2D eigenvalue weighted by Crippen LogP contribution is -2.59. The molecule has 0 spiro atoms. The van der Waals surface area contributed by atoms with Gasteiger partial charge in [0.1, 0.15) is 39.6 Å². The van der Waals surface area contributed by atoms with Gasteiger partial charge in [-0.3, -0.25) is 4.90 Å². The summed E-state index contributed by atoms with van der Waals surface area (Å²) in [6.07, 6.45) is 13.4. The number of phenolic OH excluding ortho intramolecular Hbond substituents is 1. The third-order valence-corrected chi connectivity index (χ3v) is 11.8. The molecule has 11 nitrogen and oxygen atoms in total. The molecule has 4 fully saturated rings. The van der Waals surface area contributed by atoms with E-state index in [0.29, 0.717) is 36.7 Å². The van der Waals surface area contributed by atoms with Crippen LogP contribution in [0.4, 0.5) is 14.6 Å². The molecule has 0 radical (unpaired) electrons. The molecule has 4 heterocycles. The van der Waals surface area contributed by atoms with E-state index in [1.54, 1.807) is 14.0 Å². The Kier molecular flexibility index (Phi) is 9.29. The van der Waals surface area contributed by atoms with Gasteiger partial charge < -0.3 is 34.1 Å². The zero-order valence-corrected chi connectivity index (χ0v) is 30.3. The summed E-state index contributed by atoms with van der Waals surface area (Å²) in [5, 5.41) is 22.7. The maximum absolute atomic E-state index is 17.3. The molecule has 2 N–H and O–H groups in total. The molecule has 2 aliphatic heterocycles. The Morgan fingerprint density at radius 3 is 2.66 bits per heavy atom. The first-order valence-corrected chi connectivity index (χ1v) is 18.4. The molecule has 4 aliphatic rings. The van der Waals surface area contributed by atoms with Crippen LogP contribution in [0.5, 0.6) is 17.6 Å². The fourth-order valence-corrected chi connectivity index (χ4v) is 9.25. The number of fused-ring (bicyclic) bond motifs is 3. The number of phenols is 1. The van der Waals surface area contributed by atoms with Crippen LogP contribution in [0.3, 0.4) is 0 Å². The van der Waals surface area contributed by atoms with Gasteiger partial charge in [-0.25, -0.2) is 13.8 Å². The number of benzene rings is 2. The van der Waals surface area contributed by atoms with Crippen LogP contribution < -0.4 is 14.4 Å². The van der Waals surface area contributed by atoms with Crippen LogP contribution in [-0.2, 0) is 9.47 Å². The van der Waals surface area contributed by atoms with Gasteiger partial charge >= 0.3 is 6.01 Å². The number of aliphatic hydroxyl groups is 1. The second kappa shape index (κ2) is 13.8. The number of likely N-dealkylation sites (tertiary alicyclic amines) is 1. The molecule has 2 aromatic heterocycles. The zero-order chi connectivity index (χ0) is 37.1. The molecule has 13 heteroatoms. The zero-order valence-electron chi connectivity index (χ0n) is 30.3. The van der Waals surface area contributed by atoms with Gasteiger partial charge in [-0.05, 0) is 75.6 Å². The number of rotatable bonds is 8. The minimum Gasteiger partial charge on any atom is -0.508 e. The Morgan fingerprint density at radius 2 is 1.89 bits per heavy atom. The predicted octanol–water partition coefficient (Wildman–Crippen LogP) is 5.60. The molecule has 0 unspecified atom stereocenters. The van der Waals surface area contributed by atoms with Crippen molar-refractivity contribution in [1.82, 2.24) is 19.9 Å². The lowest BCUT2D eigenvalue weighted by atomic mass is 9.73. The minimum absolute atomic E-state index is 0.00912. The Labute approximate surface area is 307 Å². The van der Waals surface area contributed by atoms with Gasteiger partial charge in [0.25, 0.3) is 0 Å². The van der Waals surface area contributed by atoms with Crippen molar-refractivity contribution in [3.8, 4) is 41.2 Å². The fraction of sp³-hybridized carbons (Fsp3) is 0.525. The predicted molar refractivity (Wildman–Crippen MR) is 195 cm³/mol. The summed E-state index contributed by atoms with van der Waals surface area (Å²) < 4.78 is 56.0. The Hall–Kier alpha value is -4.35. The van der Waals surface area contributed by atoms with Crippen molar-refractivity contribution in [1.29, 1.82) is 0 Å². The summed E-state index contributed by atoms with van der Waals surface area (Å²) in [4.78, 5) is 18.6. The maximum atomic E-state index is 17.3. The second-order valence-electron chi connectivity index (χ2n) is 15.3. The molecule has 2 aliphatic carbocycles. The summed E-state index contributed by atoms with van der Waals surface area (Å²) in [7, 11) is 3.18. The van der Waals surface area contributed by atoms with Crippen LogP contribution in [0.2, 0.25) is 0 Å². The van der Waals surface area contributed by atoms with Gasteiger partial charge in [-0.15, -0.1) is 6.42 Å². The number of aromatic nitrogens is 3. The number of β-amino-alcohol motifs (C(OH)–C–C–N with tert-alkyl or cyclic N) is 1. The number of anilines is 1. The van der Waals surface area contributed by atoms with Crippen molar-refractivity contribution in [2.75, 3.05) is 58.6 Å². The highest BCUT2D eigenvalue weighted by Gasteiger charge is 2.52. The van der Waals surface area contributed by atoms with E-state index in [1.165, 1.54) is 31.4 Å². The van der Waals surface area contributed by atoms with E-state index in [1.807, 2.05) is 4.90 Å². The lowest BCUT2D eigenvalue weighted by Gasteiger charge is -2.53. The van der Waals surface area contributed by atoms with Crippen molar-refractivity contribution in [2.45, 2.75) is 75.7 Å². The molecule has 8 rings (SSSR count). The van der Waals surface area contributed by atoms with Crippen LogP contribution in [0, 0.1) is 29.4 Å². The van der Waals surface area contributed by atoms with Crippen LogP contribution in [-0.4, -0.2) is 108 Å².